The highest BCUT2D eigenvalue weighted by Gasteiger charge is 2.29. The lowest BCUT2D eigenvalue weighted by Crippen LogP contribution is -2.47. The number of hydrogen-bond donors (Lipinski definition) is 1. The van der Waals surface area contributed by atoms with Crippen LogP contribution in [-0.2, 0) is 0 Å². The van der Waals surface area contributed by atoms with E-state index in [1.165, 1.54) is 17.6 Å². The summed E-state index contributed by atoms with van der Waals surface area (Å²) in [6.45, 7) is 9.63. The Morgan fingerprint density at radius 3 is 2.41 bits per heavy atom. The fourth-order valence-corrected chi connectivity index (χ4v) is 5.43. The number of halogens is 2. The molecule has 0 bridgehead atoms. The highest BCUT2D eigenvalue weighted by atomic mass is 79.9. The largest absolute Gasteiger partial charge is 0.478 e. The Balaban J connectivity index is 1.46. The summed E-state index contributed by atoms with van der Waals surface area (Å²) in [5, 5.41) is 10.0. The van der Waals surface area contributed by atoms with Gasteiger partial charge in [-0.25, -0.2) is 4.79 Å². The van der Waals surface area contributed by atoms with Gasteiger partial charge in [0, 0.05) is 47.9 Å². The van der Waals surface area contributed by atoms with Crippen molar-refractivity contribution in [2.45, 2.75) is 33.1 Å². The zero-order valence-electron chi connectivity index (χ0n) is 18.7. The summed E-state index contributed by atoms with van der Waals surface area (Å²) in [7, 11) is 0. The van der Waals surface area contributed by atoms with E-state index in [9.17, 15) is 9.90 Å². The number of aromatic carboxylic acids is 1. The zero-order chi connectivity index (χ0) is 22.9. The van der Waals surface area contributed by atoms with Gasteiger partial charge < -0.3 is 10.0 Å². The minimum absolute atomic E-state index is 0.300. The van der Waals surface area contributed by atoms with Crippen molar-refractivity contribution in [3.8, 4) is 0 Å². The molecule has 0 saturated carbocycles. The number of piperazine rings is 1. The molecule has 4 rings (SSSR count). The van der Waals surface area contributed by atoms with Crippen molar-refractivity contribution in [3.63, 3.8) is 0 Å². The highest BCUT2D eigenvalue weighted by Crippen LogP contribution is 2.43. The van der Waals surface area contributed by atoms with Crippen LogP contribution in [0.5, 0.6) is 0 Å². The maximum atomic E-state index is 11.3. The Labute approximate surface area is 204 Å². The zero-order valence-corrected chi connectivity index (χ0v) is 21.0. The molecule has 0 amide bonds. The number of carboxylic acids is 1. The number of carbonyl (C=O) groups is 1. The molecular formula is C26H30BrClN2O2. The first-order valence-electron chi connectivity index (χ1n) is 11.2. The normalized spacial score (nSPS) is 19.3. The van der Waals surface area contributed by atoms with Crippen molar-refractivity contribution in [1.29, 1.82) is 0 Å². The van der Waals surface area contributed by atoms with Gasteiger partial charge in [0.2, 0.25) is 0 Å². The van der Waals surface area contributed by atoms with Gasteiger partial charge in [0.05, 0.1) is 5.56 Å². The SMILES string of the molecule is CC1(C)CCC(CN2CCN(c3ccc(C(=O)O)c(Br)c3)CC2)=C(c2ccc(Cl)cc2)C1. The second-order valence-electron chi connectivity index (χ2n) is 9.66. The van der Waals surface area contributed by atoms with Crippen LogP contribution < -0.4 is 4.90 Å². The molecule has 1 saturated heterocycles. The van der Waals surface area contributed by atoms with Gasteiger partial charge >= 0.3 is 5.97 Å². The van der Waals surface area contributed by atoms with Crippen LogP contribution in [0.2, 0.25) is 5.02 Å². The van der Waals surface area contributed by atoms with Crippen LogP contribution in [0.15, 0.2) is 52.5 Å². The van der Waals surface area contributed by atoms with Crippen molar-refractivity contribution in [1.82, 2.24) is 4.90 Å². The van der Waals surface area contributed by atoms with Gasteiger partial charge in [-0.15, -0.1) is 0 Å². The molecule has 2 aromatic carbocycles. The van der Waals surface area contributed by atoms with Crippen LogP contribution in [-0.4, -0.2) is 48.7 Å². The Hall–Kier alpha value is -1.82. The summed E-state index contributed by atoms with van der Waals surface area (Å²) in [5.74, 6) is -0.909. The molecular weight excluding hydrogens is 488 g/mol. The number of benzene rings is 2. The molecule has 6 heteroatoms. The van der Waals surface area contributed by atoms with E-state index < -0.39 is 5.97 Å². The third-order valence-electron chi connectivity index (χ3n) is 6.71. The van der Waals surface area contributed by atoms with Crippen LogP contribution in [0, 0.1) is 5.41 Å². The van der Waals surface area contributed by atoms with E-state index in [-0.39, 0.29) is 0 Å². The number of anilines is 1. The summed E-state index contributed by atoms with van der Waals surface area (Å²) in [6.07, 6.45) is 3.48. The lowest BCUT2D eigenvalue weighted by molar-refractivity contribution is 0.0696. The summed E-state index contributed by atoms with van der Waals surface area (Å²) >= 11 is 9.54. The first kappa shape index (κ1) is 23.3. The topological polar surface area (TPSA) is 43.8 Å². The van der Waals surface area contributed by atoms with Crippen molar-refractivity contribution in [2.24, 2.45) is 5.41 Å². The van der Waals surface area contributed by atoms with Gasteiger partial charge in [-0.05, 0) is 82.1 Å². The quantitative estimate of drug-likeness (QED) is 0.486. The molecule has 0 atom stereocenters. The predicted molar refractivity (Wildman–Crippen MR) is 136 cm³/mol. The van der Waals surface area contributed by atoms with Crippen molar-refractivity contribution < 1.29 is 9.90 Å². The Kier molecular flexibility index (Phi) is 6.99. The molecule has 1 fully saturated rings. The first-order chi connectivity index (χ1) is 15.2. The molecule has 0 unspecified atom stereocenters. The number of hydrogen-bond acceptors (Lipinski definition) is 3. The van der Waals surface area contributed by atoms with Gasteiger partial charge in [-0.3, -0.25) is 4.90 Å². The summed E-state index contributed by atoms with van der Waals surface area (Å²) in [5.41, 5.74) is 6.06. The van der Waals surface area contributed by atoms with Crippen LogP contribution >= 0.6 is 27.5 Å². The van der Waals surface area contributed by atoms with E-state index in [0.717, 1.165) is 56.3 Å². The smallest absolute Gasteiger partial charge is 0.336 e. The van der Waals surface area contributed by atoms with Crippen molar-refractivity contribution >= 4 is 44.8 Å². The molecule has 1 aliphatic carbocycles. The van der Waals surface area contributed by atoms with E-state index in [1.54, 1.807) is 11.6 Å². The summed E-state index contributed by atoms with van der Waals surface area (Å²) < 4.78 is 0.632. The summed E-state index contributed by atoms with van der Waals surface area (Å²) in [6, 6.07) is 13.8. The minimum Gasteiger partial charge on any atom is -0.478 e. The van der Waals surface area contributed by atoms with Crippen LogP contribution in [0.4, 0.5) is 5.69 Å². The second-order valence-corrected chi connectivity index (χ2v) is 11.0. The lowest BCUT2D eigenvalue weighted by atomic mass is 9.72. The predicted octanol–water partition coefficient (Wildman–Crippen LogP) is 6.59. The molecule has 2 aliphatic rings. The Bertz CT molecular complexity index is 1020. The number of rotatable bonds is 5. The van der Waals surface area contributed by atoms with E-state index >= 15 is 0 Å². The van der Waals surface area contributed by atoms with E-state index in [0.29, 0.717) is 15.5 Å². The Morgan fingerprint density at radius 2 is 1.78 bits per heavy atom. The average molecular weight is 518 g/mol. The lowest BCUT2D eigenvalue weighted by Gasteiger charge is -2.39. The van der Waals surface area contributed by atoms with Crippen LogP contribution in [0.1, 0.15) is 49.0 Å². The average Bonchev–Trinajstić information content (AvgIpc) is 2.75. The molecule has 2 aromatic rings. The maximum Gasteiger partial charge on any atom is 0.336 e. The molecule has 4 nitrogen and oxygen atoms in total. The first-order valence-corrected chi connectivity index (χ1v) is 12.4. The van der Waals surface area contributed by atoms with Gasteiger partial charge in [0.1, 0.15) is 0 Å². The van der Waals surface area contributed by atoms with Gasteiger partial charge in [0.25, 0.3) is 0 Å². The molecule has 0 radical (unpaired) electrons. The maximum absolute atomic E-state index is 11.3. The molecule has 32 heavy (non-hydrogen) atoms. The highest BCUT2D eigenvalue weighted by molar-refractivity contribution is 9.10. The van der Waals surface area contributed by atoms with Gasteiger partial charge in [-0.1, -0.05) is 43.2 Å². The molecule has 1 N–H and O–H groups in total. The minimum atomic E-state index is -0.909. The van der Waals surface area contributed by atoms with Gasteiger partial charge in [-0.2, -0.15) is 0 Å². The Morgan fingerprint density at radius 1 is 1.09 bits per heavy atom. The van der Waals surface area contributed by atoms with Crippen molar-refractivity contribution in [3.05, 3.63) is 68.7 Å². The molecule has 1 aliphatic heterocycles. The van der Waals surface area contributed by atoms with Crippen molar-refractivity contribution in [2.75, 3.05) is 37.6 Å². The number of nitrogens with zero attached hydrogens (tertiary/aromatic N) is 2. The molecule has 1 heterocycles. The monoisotopic (exact) mass is 516 g/mol. The number of allylic oxidation sites excluding steroid dienone is 1. The third-order valence-corrected chi connectivity index (χ3v) is 7.62. The molecule has 170 valence electrons. The van der Waals surface area contributed by atoms with E-state index in [2.05, 4.69) is 51.7 Å². The second kappa shape index (κ2) is 9.58. The third kappa shape index (κ3) is 5.38. The fourth-order valence-electron chi connectivity index (χ4n) is 4.77. The van der Waals surface area contributed by atoms with E-state index in [4.69, 9.17) is 11.6 Å². The fraction of sp³-hybridized carbons (Fsp3) is 0.423. The summed E-state index contributed by atoms with van der Waals surface area (Å²) in [4.78, 5) is 16.2. The molecule has 0 spiro atoms. The number of carboxylic acid groups (broad SMARTS) is 1. The van der Waals surface area contributed by atoms with Gasteiger partial charge in [0.15, 0.2) is 0 Å². The standard InChI is InChI=1S/C26H30BrClN2O2/c1-26(2)10-9-19(23(16-26)18-3-5-20(28)6-4-18)17-29-11-13-30(14-12-29)21-7-8-22(25(31)32)24(27)15-21/h3-8,15H,9-14,16-17H2,1-2H3,(H,31,32). The van der Waals surface area contributed by atoms with Crippen LogP contribution in [0.25, 0.3) is 5.57 Å². The molecule has 0 aromatic heterocycles. The van der Waals surface area contributed by atoms with E-state index in [1.807, 2.05) is 24.3 Å². The van der Waals surface area contributed by atoms with Crippen LogP contribution in [0.3, 0.4) is 0 Å².